The van der Waals surface area contributed by atoms with Crippen molar-refractivity contribution in [2.24, 2.45) is 5.10 Å². The van der Waals surface area contributed by atoms with Crippen LogP contribution in [0.3, 0.4) is 0 Å². The van der Waals surface area contributed by atoms with Gasteiger partial charge in [0.15, 0.2) is 0 Å². The maximum atomic E-state index is 12.4. The molecule has 0 unspecified atom stereocenters. The smallest absolute Gasteiger partial charge is 0.289 e. The van der Waals surface area contributed by atoms with Crippen molar-refractivity contribution in [1.82, 2.24) is 15.6 Å². The molecule has 0 saturated heterocycles. The van der Waals surface area contributed by atoms with E-state index in [1.807, 2.05) is 84.9 Å². The van der Waals surface area contributed by atoms with Crippen LogP contribution in [0, 0.1) is 0 Å². The third-order valence-corrected chi connectivity index (χ3v) is 4.96. The molecule has 0 aliphatic carbocycles. The highest BCUT2D eigenvalue weighted by Gasteiger charge is 2.13. The molecule has 2 N–H and O–H groups in total. The molecule has 7 heteroatoms. The van der Waals surface area contributed by atoms with Gasteiger partial charge in [0.2, 0.25) is 0 Å². The van der Waals surface area contributed by atoms with E-state index in [1.54, 1.807) is 19.3 Å². The van der Waals surface area contributed by atoms with Gasteiger partial charge in [-0.1, -0.05) is 60.7 Å². The minimum atomic E-state index is -0.400. The fourth-order valence-corrected chi connectivity index (χ4v) is 3.27. The first-order valence-corrected chi connectivity index (χ1v) is 10.7. The number of nitrogens with zero attached hydrogens (tertiary/aromatic N) is 2. The molecule has 1 heterocycles. The van der Waals surface area contributed by atoms with E-state index in [2.05, 4.69) is 20.7 Å². The summed E-state index contributed by atoms with van der Waals surface area (Å²) in [5.74, 6) is 1.04. The number of carbonyl (C=O) groups excluding carboxylic acids is 1. The van der Waals surface area contributed by atoms with Crippen LogP contribution < -0.4 is 14.9 Å². The molecule has 0 bridgehead atoms. The molecule has 0 saturated carbocycles. The molecule has 170 valence electrons. The lowest BCUT2D eigenvalue weighted by molar-refractivity contribution is 0.0950. The second-order valence-electron chi connectivity index (χ2n) is 7.26. The van der Waals surface area contributed by atoms with Crippen molar-refractivity contribution in [3.63, 3.8) is 0 Å². The van der Waals surface area contributed by atoms with E-state index >= 15 is 0 Å². The van der Waals surface area contributed by atoms with Crippen LogP contribution in [0.25, 0.3) is 17.3 Å². The number of carbonyl (C=O) groups is 1. The number of aromatic amines is 1. The van der Waals surface area contributed by atoms with E-state index in [9.17, 15) is 4.79 Å². The van der Waals surface area contributed by atoms with Crippen LogP contribution in [0.2, 0.25) is 0 Å². The van der Waals surface area contributed by atoms with E-state index in [-0.39, 0.29) is 0 Å². The van der Waals surface area contributed by atoms with E-state index in [0.717, 1.165) is 22.4 Å². The van der Waals surface area contributed by atoms with Crippen LogP contribution in [-0.2, 0) is 6.61 Å². The Morgan fingerprint density at radius 2 is 1.74 bits per heavy atom. The SMILES string of the molecule is COc1ccccc1/C=C/C=N/NC(=O)c1cc(-c2ccccc2OCc2ccccc2)n[nH]1. The van der Waals surface area contributed by atoms with Gasteiger partial charge in [0.25, 0.3) is 5.91 Å². The fraction of sp³-hybridized carbons (Fsp3) is 0.0741. The van der Waals surface area contributed by atoms with Crippen molar-refractivity contribution in [2.75, 3.05) is 7.11 Å². The maximum absolute atomic E-state index is 12.4. The molecule has 0 aliphatic heterocycles. The summed E-state index contributed by atoms with van der Waals surface area (Å²) in [5, 5.41) is 11.0. The number of ether oxygens (including phenoxy) is 2. The number of methoxy groups -OCH3 is 1. The lowest BCUT2D eigenvalue weighted by Gasteiger charge is -2.10. The number of rotatable bonds is 9. The number of nitrogens with one attached hydrogen (secondary N) is 2. The molecular weight excluding hydrogens is 428 g/mol. The summed E-state index contributed by atoms with van der Waals surface area (Å²) < 4.78 is 11.3. The maximum Gasteiger partial charge on any atom is 0.289 e. The number of hydrogen-bond donors (Lipinski definition) is 2. The van der Waals surface area contributed by atoms with Crippen molar-refractivity contribution >= 4 is 18.2 Å². The van der Waals surface area contributed by atoms with Crippen molar-refractivity contribution in [3.8, 4) is 22.8 Å². The average Bonchev–Trinajstić information content (AvgIpc) is 3.38. The van der Waals surface area contributed by atoms with Crippen LogP contribution in [0.5, 0.6) is 11.5 Å². The van der Waals surface area contributed by atoms with Crippen LogP contribution in [0.15, 0.2) is 96.1 Å². The zero-order valence-corrected chi connectivity index (χ0v) is 18.6. The summed E-state index contributed by atoms with van der Waals surface area (Å²) in [4.78, 5) is 12.4. The Labute approximate surface area is 197 Å². The Balaban J connectivity index is 1.38. The number of allylic oxidation sites excluding steroid dienone is 1. The minimum absolute atomic E-state index is 0.290. The molecule has 0 radical (unpaired) electrons. The van der Waals surface area contributed by atoms with Crippen LogP contribution in [0.4, 0.5) is 0 Å². The summed E-state index contributed by atoms with van der Waals surface area (Å²) in [7, 11) is 1.62. The fourth-order valence-electron chi connectivity index (χ4n) is 3.27. The van der Waals surface area contributed by atoms with E-state index in [4.69, 9.17) is 9.47 Å². The highest BCUT2D eigenvalue weighted by atomic mass is 16.5. The zero-order chi connectivity index (χ0) is 23.6. The highest BCUT2D eigenvalue weighted by molar-refractivity contribution is 5.94. The monoisotopic (exact) mass is 452 g/mol. The highest BCUT2D eigenvalue weighted by Crippen LogP contribution is 2.29. The summed E-state index contributed by atoms with van der Waals surface area (Å²) in [6.45, 7) is 0.437. The first-order chi connectivity index (χ1) is 16.7. The van der Waals surface area contributed by atoms with Gasteiger partial charge in [-0.25, -0.2) is 5.43 Å². The Bertz CT molecular complexity index is 1300. The predicted molar refractivity (Wildman–Crippen MR) is 133 cm³/mol. The number of amides is 1. The molecule has 34 heavy (non-hydrogen) atoms. The topological polar surface area (TPSA) is 88.6 Å². The lowest BCUT2D eigenvalue weighted by atomic mass is 10.1. The average molecular weight is 453 g/mol. The van der Waals surface area contributed by atoms with Gasteiger partial charge >= 0.3 is 0 Å². The Kier molecular flexibility index (Phi) is 7.48. The molecule has 3 aromatic carbocycles. The first-order valence-electron chi connectivity index (χ1n) is 10.7. The van der Waals surface area contributed by atoms with Crippen LogP contribution >= 0.6 is 0 Å². The number of hydrazone groups is 1. The van der Waals surface area contributed by atoms with Crippen molar-refractivity contribution in [1.29, 1.82) is 0 Å². The van der Waals surface area contributed by atoms with Gasteiger partial charge in [0, 0.05) is 17.3 Å². The predicted octanol–water partition coefficient (Wildman–Crippen LogP) is 5.09. The van der Waals surface area contributed by atoms with E-state index < -0.39 is 5.91 Å². The molecule has 1 aromatic heterocycles. The summed E-state index contributed by atoms with van der Waals surface area (Å²) in [6.07, 6.45) is 5.06. The zero-order valence-electron chi connectivity index (χ0n) is 18.6. The van der Waals surface area contributed by atoms with Gasteiger partial charge in [-0.3, -0.25) is 9.89 Å². The first kappa shape index (κ1) is 22.5. The number of benzene rings is 3. The third-order valence-electron chi connectivity index (χ3n) is 4.96. The molecule has 1 amide bonds. The van der Waals surface area contributed by atoms with Crippen molar-refractivity contribution in [2.45, 2.75) is 6.61 Å². The summed E-state index contributed by atoms with van der Waals surface area (Å²) in [6, 6.07) is 26.8. The Morgan fingerprint density at radius 3 is 2.56 bits per heavy atom. The minimum Gasteiger partial charge on any atom is -0.496 e. The molecule has 0 aliphatic rings. The van der Waals surface area contributed by atoms with Crippen LogP contribution in [-0.4, -0.2) is 29.4 Å². The van der Waals surface area contributed by atoms with E-state index in [0.29, 0.717) is 23.7 Å². The second-order valence-corrected chi connectivity index (χ2v) is 7.26. The van der Waals surface area contributed by atoms with Crippen molar-refractivity contribution in [3.05, 3.63) is 108 Å². The van der Waals surface area contributed by atoms with Crippen molar-refractivity contribution < 1.29 is 14.3 Å². The quantitative estimate of drug-likeness (QED) is 0.273. The molecular formula is C27H24N4O3. The largest absolute Gasteiger partial charge is 0.496 e. The summed E-state index contributed by atoms with van der Waals surface area (Å²) in [5.41, 5.74) is 6.15. The standard InChI is InChI=1S/C27H24N4O3/c1-33-25-15-7-5-12-21(25)13-9-17-28-31-27(32)24-18-23(29-30-24)22-14-6-8-16-26(22)34-19-20-10-3-2-4-11-20/h2-18H,19H2,1H3,(H,29,30)(H,31,32)/b13-9+,28-17+. The third kappa shape index (κ3) is 5.77. The number of H-pyrrole nitrogens is 1. The molecule has 0 atom stereocenters. The Morgan fingerprint density at radius 1 is 1.00 bits per heavy atom. The number of hydrogen-bond acceptors (Lipinski definition) is 5. The van der Waals surface area contributed by atoms with Crippen LogP contribution in [0.1, 0.15) is 21.6 Å². The van der Waals surface area contributed by atoms with Gasteiger partial charge in [0.1, 0.15) is 23.8 Å². The van der Waals surface area contributed by atoms with Gasteiger partial charge in [-0.05, 0) is 42.0 Å². The van der Waals surface area contributed by atoms with Gasteiger partial charge in [-0.15, -0.1) is 0 Å². The van der Waals surface area contributed by atoms with Gasteiger partial charge in [0.05, 0.1) is 12.8 Å². The second kappa shape index (κ2) is 11.3. The summed E-state index contributed by atoms with van der Waals surface area (Å²) >= 11 is 0. The van der Waals surface area contributed by atoms with E-state index in [1.165, 1.54) is 6.21 Å². The molecule has 0 spiro atoms. The number of aromatic nitrogens is 2. The molecule has 0 fully saturated rings. The number of para-hydroxylation sites is 2. The molecule has 4 rings (SSSR count). The normalized spacial score (nSPS) is 11.1. The molecule has 4 aromatic rings. The van der Waals surface area contributed by atoms with Gasteiger partial charge < -0.3 is 9.47 Å². The van der Waals surface area contributed by atoms with Gasteiger partial charge in [-0.2, -0.15) is 10.2 Å². The lowest BCUT2D eigenvalue weighted by Crippen LogP contribution is -2.17. The Hall–Kier alpha value is -4.65. The molecule has 7 nitrogen and oxygen atoms in total.